The molecule has 2 atom stereocenters. The summed E-state index contributed by atoms with van der Waals surface area (Å²) in [5.41, 5.74) is 2.69. The van der Waals surface area contributed by atoms with Crippen LogP contribution in [-0.2, 0) is 6.18 Å². The Kier molecular flexibility index (Phi) is 5.48. The number of hydrogen-bond acceptors (Lipinski definition) is 8. The van der Waals surface area contributed by atoms with Crippen molar-refractivity contribution in [2.45, 2.75) is 31.7 Å². The van der Waals surface area contributed by atoms with E-state index in [9.17, 15) is 13.2 Å². The van der Waals surface area contributed by atoms with Gasteiger partial charge in [-0.3, -0.25) is 9.83 Å². The zero-order chi connectivity index (χ0) is 22.2. The van der Waals surface area contributed by atoms with Gasteiger partial charge in [0.2, 0.25) is 0 Å². The molecule has 0 radical (unpaired) electrons. The minimum atomic E-state index is -4.56. The predicted octanol–water partition coefficient (Wildman–Crippen LogP) is 2.27. The number of rotatable bonds is 6. The highest BCUT2D eigenvalue weighted by Gasteiger charge is 2.33. The number of aromatic nitrogens is 5. The molecule has 2 unspecified atom stereocenters. The second kappa shape index (κ2) is 8.10. The summed E-state index contributed by atoms with van der Waals surface area (Å²) in [5.74, 6) is 0.910. The second-order valence-electron chi connectivity index (χ2n) is 7.54. The van der Waals surface area contributed by atoms with Crippen molar-refractivity contribution < 1.29 is 13.2 Å². The van der Waals surface area contributed by atoms with E-state index in [2.05, 4.69) is 47.2 Å². The van der Waals surface area contributed by atoms with Crippen LogP contribution in [0.5, 0.6) is 0 Å². The van der Waals surface area contributed by atoms with Gasteiger partial charge in [-0.05, 0) is 27.1 Å². The van der Waals surface area contributed by atoms with E-state index in [-0.39, 0.29) is 23.7 Å². The van der Waals surface area contributed by atoms with E-state index in [4.69, 9.17) is 0 Å². The maximum absolute atomic E-state index is 13.1. The lowest BCUT2D eigenvalue weighted by Gasteiger charge is -2.34. The van der Waals surface area contributed by atoms with Gasteiger partial charge in [0.25, 0.3) is 0 Å². The number of hydrazone groups is 1. The Morgan fingerprint density at radius 3 is 2.71 bits per heavy atom. The minimum absolute atomic E-state index is 0.0756. The number of nitrogens with zero attached hydrogens (tertiary/aromatic N) is 8. The van der Waals surface area contributed by atoms with E-state index in [1.165, 1.54) is 10.6 Å². The molecule has 12 heteroatoms. The summed E-state index contributed by atoms with van der Waals surface area (Å²) in [6.07, 6.45) is 2.89. The third kappa shape index (κ3) is 4.29. The molecule has 0 bridgehead atoms. The number of likely N-dealkylation sites (N-methyl/N-ethyl adjacent to an activating group) is 1. The van der Waals surface area contributed by atoms with Crippen LogP contribution in [0.4, 0.5) is 19.0 Å². The standard InChI is InChI=1S/C19H22F3N9/c1-12(29(2)3)10-31(16-5-7-26-28-16)15-4-6-23-18(27-15)13-8-25-17-9-24-14(11-30(13)17)19(20,21)22/h4,6-9,11-12,16,28H,5,10H2,1-3H3. The monoisotopic (exact) mass is 433 g/mol. The number of hydrogen-bond donors (Lipinski definition) is 1. The van der Waals surface area contributed by atoms with Gasteiger partial charge in [-0.25, -0.2) is 19.9 Å². The van der Waals surface area contributed by atoms with Gasteiger partial charge in [0.1, 0.15) is 17.7 Å². The summed E-state index contributed by atoms with van der Waals surface area (Å²) in [6, 6.07) is 2.00. The smallest absolute Gasteiger partial charge is 0.333 e. The third-order valence-electron chi connectivity index (χ3n) is 5.21. The van der Waals surface area contributed by atoms with Gasteiger partial charge in [0.05, 0.1) is 12.4 Å². The number of nitrogens with one attached hydrogen (secondary N) is 1. The predicted molar refractivity (Wildman–Crippen MR) is 110 cm³/mol. The maximum atomic E-state index is 13.1. The lowest BCUT2D eigenvalue weighted by atomic mass is 10.2. The molecule has 9 nitrogen and oxygen atoms in total. The summed E-state index contributed by atoms with van der Waals surface area (Å²) < 4.78 is 40.7. The molecule has 0 saturated heterocycles. The normalized spacial score (nSPS) is 17.3. The van der Waals surface area contributed by atoms with Gasteiger partial charge in [-0.2, -0.15) is 18.3 Å². The molecule has 0 fully saturated rings. The average molecular weight is 433 g/mol. The lowest BCUT2D eigenvalue weighted by molar-refractivity contribution is -0.141. The molecule has 0 saturated carbocycles. The quantitative estimate of drug-likeness (QED) is 0.638. The molecule has 0 spiro atoms. The molecule has 1 N–H and O–H groups in total. The molecule has 3 aromatic heterocycles. The van der Waals surface area contributed by atoms with Crippen LogP contribution in [0.25, 0.3) is 17.2 Å². The lowest BCUT2D eigenvalue weighted by Crippen LogP contribution is -2.48. The summed E-state index contributed by atoms with van der Waals surface area (Å²) in [4.78, 5) is 20.7. The van der Waals surface area contributed by atoms with E-state index >= 15 is 0 Å². The first-order chi connectivity index (χ1) is 14.7. The molecule has 0 amide bonds. The van der Waals surface area contributed by atoms with Crippen LogP contribution in [0.15, 0.2) is 36.0 Å². The fraction of sp³-hybridized carbons (Fsp3) is 0.421. The van der Waals surface area contributed by atoms with Crippen molar-refractivity contribution in [3.63, 3.8) is 0 Å². The van der Waals surface area contributed by atoms with Crippen LogP contribution in [-0.4, -0.2) is 68.3 Å². The largest absolute Gasteiger partial charge is 0.434 e. The van der Waals surface area contributed by atoms with E-state index in [1.807, 2.05) is 14.1 Å². The van der Waals surface area contributed by atoms with Gasteiger partial charge >= 0.3 is 6.18 Å². The molecule has 164 valence electrons. The van der Waals surface area contributed by atoms with E-state index < -0.39 is 11.9 Å². The van der Waals surface area contributed by atoms with E-state index in [0.717, 1.165) is 12.4 Å². The van der Waals surface area contributed by atoms with Crippen molar-refractivity contribution in [2.75, 3.05) is 25.5 Å². The molecular weight excluding hydrogens is 411 g/mol. The molecular formula is C19H22F3N9. The van der Waals surface area contributed by atoms with Crippen LogP contribution in [0.3, 0.4) is 0 Å². The van der Waals surface area contributed by atoms with Crippen molar-refractivity contribution in [2.24, 2.45) is 5.10 Å². The Hall–Kier alpha value is -3.28. The molecule has 4 heterocycles. The Morgan fingerprint density at radius 2 is 2.03 bits per heavy atom. The molecule has 0 aliphatic carbocycles. The van der Waals surface area contributed by atoms with Gasteiger partial charge in [-0.1, -0.05) is 0 Å². The van der Waals surface area contributed by atoms with Crippen LogP contribution in [0, 0.1) is 0 Å². The minimum Gasteiger partial charge on any atom is -0.333 e. The maximum Gasteiger partial charge on any atom is 0.434 e. The number of anilines is 1. The van der Waals surface area contributed by atoms with Crippen LogP contribution in [0.2, 0.25) is 0 Å². The topological polar surface area (TPSA) is 86.8 Å². The zero-order valence-corrected chi connectivity index (χ0v) is 17.2. The first-order valence-corrected chi connectivity index (χ1v) is 9.68. The molecule has 1 aliphatic heterocycles. The SMILES string of the molecule is CC(CN(c1ccnc(-c2cnc3cnc(C(F)(F)F)cn23)n1)C1CC=NN1)N(C)C. The molecule has 4 rings (SSSR count). The Labute approximate surface area is 176 Å². The molecule has 3 aromatic rings. The van der Waals surface area contributed by atoms with Gasteiger partial charge < -0.3 is 9.80 Å². The third-order valence-corrected chi connectivity index (χ3v) is 5.21. The van der Waals surface area contributed by atoms with Crippen LogP contribution >= 0.6 is 0 Å². The summed E-state index contributed by atoms with van der Waals surface area (Å²) in [6.45, 7) is 2.76. The first kappa shape index (κ1) is 21.0. The average Bonchev–Trinajstić information content (AvgIpc) is 3.40. The van der Waals surface area contributed by atoms with Crippen molar-refractivity contribution >= 4 is 17.7 Å². The van der Waals surface area contributed by atoms with Crippen LogP contribution in [0.1, 0.15) is 19.0 Å². The summed E-state index contributed by atoms with van der Waals surface area (Å²) in [7, 11) is 4.00. The highest BCUT2D eigenvalue weighted by molar-refractivity contribution is 5.62. The van der Waals surface area contributed by atoms with Crippen molar-refractivity contribution in [3.05, 3.63) is 36.5 Å². The number of imidazole rings is 1. The Morgan fingerprint density at radius 1 is 1.23 bits per heavy atom. The van der Waals surface area contributed by atoms with E-state index in [1.54, 1.807) is 18.5 Å². The van der Waals surface area contributed by atoms with Crippen molar-refractivity contribution in [3.8, 4) is 11.5 Å². The molecule has 0 aromatic carbocycles. The number of fused-ring (bicyclic) bond motifs is 1. The number of halogens is 3. The fourth-order valence-corrected chi connectivity index (χ4v) is 3.20. The Bertz CT molecular complexity index is 1080. The highest BCUT2D eigenvalue weighted by Crippen LogP contribution is 2.29. The second-order valence-corrected chi connectivity index (χ2v) is 7.54. The fourth-order valence-electron chi connectivity index (χ4n) is 3.20. The Balaban J connectivity index is 1.73. The molecule has 31 heavy (non-hydrogen) atoms. The number of alkyl halides is 3. The first-order valence-electron chi connectivity index (χ1n) is 9.68. The zero-order valence-electron chi connectivity index (χ0n) is 17.2. The van der Waals surface area contributed by atoms with Crippen molar-refractivity contribution in [1.82, 2.24) is 34.7 Å². The van der Waals surface area contributed by atoms with Gasteiger partial charge in [-0.15, -0.1) is 0 Å². The van der Waals surface area contributed by atoms with Gasteiger partial charge in [0.15, 0.2) is 17.2 Å². The van der Waals surface area contributed by atoms with Crippen LogP contribution < -0.4 is 10.3 Å². The highest BCUT2D eigenvalue weighted by atomic mass is 19.4. The van der Waals surface area contributed by atoms with Crippen molar-refractivity contribution in [1.29, 1.82) is 0 Å². The van der Waals surface area contributed by atoms with E-state index in [0.29, 0.717) is 24.5 Å². The summed E-state index contributed by atoms with van der Waals surface area (Å²) >= 11 is 0. The summed E-state index contributed by atoms with van der Waals surface area (Å²) in [5, 5.41) is 4.11. The molecule has 1 aliphatic rings. The van der Waals surface area contributed by atoms with Gasteiger partial charge in [0, 0.05) is 37.6 Å².